The molecule has 1 saturated heterocycles. The third kappa shape index (κ3) is 4.45. The third-order valence-corrected chi connectivity index (χ3v) is 5.98. The molecule has 0 N–H and O–H groups in total. The largest absolute Gasteiger partial charge is 0.299 e. The molecule has 148 valence electrons. The molecule has 3 aromatic rings. The molecule has 0 atom stereocenters. The first-order valence-electron chi connectivity index (χ1n) is 9.45. The Balaban J connectivity index is 1.68. The maximum atomic E-state index is 13.4. The average Bonchev–Trinajstić information content (AvgIpc) is 3.15. The van der Waals surface area contributed by atoms with E-state index in [1.165, 1.54) is 12.1 Å². The molecule has 0 spiro atoms. The zero-order chi connectivity index (χ0) is 20.4. The molecule has 0 aliphatic carbocycles. The van der Waals surface area contributed by atoms with Gasteiger partial charge < -0.3 is 0 Å². The smallest absolute Gasteiger partial charge is 0.123 e. The maximum absolute atomic E-state index is 13.4. The molecule has 4 nitrogen and oxygen atoms in total. The second kappa shape index (κ2) is 8.54. The van der Waals surface area contributed by atoms with Gasteiger partial charge in [-0.2, -0.15) is 10.4 Å². The second-order valence-electron chi connectivity index (χ2n) is 7.23. The molecule has 1 aromatic heterocycles. The molecule has 0 bridgehead atoms. The summed E-state index contributed by atoms with van der Waals surface area (Å²) >= 11 is 12.2. The Kier molecular flexibility index (Phi) is 5.86. The Hall–Kier alpha value is -2.39. The van der Waals surface area contributed by atoms with Gasteiger partial charge >= 0.3 is 0 Å². The van der Waals surface area contributed by atoms with E-state index in [1.54, 1.807) is 28.9 Å². The predicted octanol–water partition coefficient (Wildman–Crippen LogP) is 5.72. The molecule has 1 aliphatic heterocycles. The van der Waals surface area contributed by atoms with E-state index in [4.69, 9.17) is 33.6 Å². The maximum Gasteiger partial charge on any atom is 0.123 e. The van der Waals surface area contributed by atoms with Gasteiger partial charge in [0.2, 0.25) is 0 Å². The first-order chi connectivity index (χ1) is 14.0. The minimum Gasteiger partial charge on any atom is -0.299 e. The minimum absolute atomic E-state index is 0.141. The van der Waals surface area contributed by atoms with Crippen molar-refractivity contribution in [2.75, 3.05) is 13.1 Å². The van der Waals surface area contributed by atoms with Crippen LogP contribution < -0.4 is 0 Å². The highest BCUT2D eigenvalue weighted by Gasteiger charge is 2.21. The van der Waals surface area contributed by atoms with E-state index < -0.39 is 0 Å². The van der Waals surface area contributed by atoms with Gasteiger partial charge in [0.15, 0.2) is 0 Å². The lowest BCUT2D eigenvalue weighted by Gasteiger charge is -2.28. The van der Waals surface area contributed by atoms with Gasteiger partial charge in [-0.05, 0) is 68.4 Å². The van der Waals surface area contributed by atoms with Crippen molar-refractivity contribution in [1.82, 2.24) is 14.7 Å². The van der Waals surface area contributed by atoms with Crippen molar-refractivity contribution in [1.29, 1.82) is 5.26 Å². The monoisotopic (exact) mass is 428 g/mol. The molecular formula is C22H19Cl2FN4. The van der Waals surface area contributed by atoms with Gasteiger partial charge in [-0.1, -0.05) is 23.2 Å². The van der Waals surface area contributed by atoms with Gasteiger partial charge in [0.25, 0.3) is 0 Å². The molecular weight excluding hydrogens is 410 g/mol. The van der Waals surface area contributed by atoms with E-state index >= 15 is 0 Å². The fourth-order valence-electron chi connectivity index (χ4n) is 3.60. The first kappa shape index (κ1) is 19.9. The molecule has 1 fully saturated rings. The molecule has 4 rings (SSSR count). The number of piperidine rings is 1. The molecule has 2 heterocycles. The summed E-state index contributed by atoms with van der Waals surface area (Å²) in [6.45, 7) is 2.46. The Morgan fingerprint density at radius 3 is 2.45 bits per heavy atom. The van der Waals surface area contributed by atoms with Gasteiger partial charge in [-0.3, -0.25) is 4.90 Å². The molecule has 0 radical (unpaired) electrons. The highest BCUT2D eigenvalue weighted by atomic mass is 35.5. The number of likely N-dealkylation sites (tertiary alicyclic amines) is 1. The second-order valence-corrected chi connectivity index (χ2v) is 8.05. The Labute approximate surface area is 179 Å². The van der Waals surface area contributed by atoms with E-state index in [9.17, 15) is 4.39 Å². The van der Waals surface area contributed by atoms with E-state index in [2.05, 4.69) is 11.0 Å². The van der Waals surface area contributed by atoms with E-state index in [1.807, 2.05) is 12.3 Å². The normalized spacial score (nSPS) is 15.4. The average molecular weight is 429 g/mol. The summed E-state index contributed by atoms with van der Waals surface area (Å²) in [6.07, 6.45) is 3.74. The van der Waals surface area contributed by atoms with Crippen LogP contribution in [0.25, 0.3) is 16.9 Å². The summed E-state index contributed by atoms with van der Waals surface area (Å²) in [7, 11) is 0. The summed E-state index contributed by atoms with van der Waals surface area (Å²) in [5, 5.41) is 14.8. The van der Waals surface area contributed by atoms with Crippen LogP contribution in [0, 0.1) is 23.1 Å². The number of nitrogens with zero attached hydrogens (tertiary/aromatic N) is 4. The van der Waals surface area contributed by atoms with Gasteiger partial charge in [0, 0.05) is 29.8 Å². The molecule has 0 amide bonds. The fraction of sp³-hybridized carbons (Fsp3) is 0.273. The van der Waals surface area contributed by atoms with Gasteiger partial charge in [-0.15, -0.1) is 0 Å². The van der Waals surface area contributed by atoms with Crippen LogP contribution in [0.5, 0.6) is 0 Å². The van der Waals surface area contributed by atoms with Crippen LogP contribution in [0.15, 0.2) is 48.7 Å². The number of halogens is 3. The summed E-state index contributed by atoms with van der Waals surface area (Å²) in [5.41, 5.74) is 3.50. The highest BCUT2D eigenvalue weighted by molar-refractivity contribution is 6.42. The topological polar surface area (TPSA) is 44.9 Å². The quantitative estimate of drug-likeness (QED) is 0.533. The number of hydrogen-bond donors (Lipinski definition) is 0. The zero-order valence-corrected chi connectivity index (χ0v) is 17.2. The van der Waals surface area contributed by atoms with Gasteiger partial charge in [-0.25, -0.2) is 9.07 Å². The van der Waals surface area contributed by atoms with Crippen LogP contribution in [0.2, 0.25) is 10.0 Å². The number of nitriles is 1. The number of hydrogen-bond acceptors (Lipinski definition) is 3. The zero-order valence-electron chi connectivity index (χ0n) is 15.7. The van der Waals surface area contributed by atoms with E-state index in [0.29, 0.717) is 16.6 Å². The van der Waals surface area contributed by atoms with E-state index in [-0.39, 0.29) is 11.7 Å². The Morgan fingerprint density at radius 1 is 1.07 bits per heavy atom. The van der Waals surface area contributed by atoms with Crippen LogP contribution in [0.4, 0.5) is 4.39 Å². The number of aromatic nitrogens is 2. The van der Waals surface area contributed by atoms with Crippen molar-refractivity contribution >= 4 is 23.2 Å². The lowest BCUT2D eigenvalue weighted by atomic mass is 9.98. The van der Waals surface area contributed by atoms with Crippen LogP contribution in [-0.2, 0) is 6.54 Å². The third-order valence-electron chi connectivity index (χ3n) is 5.24. The van der Waals surface area contributed by atoms with Crippen LogP contribution >= 0.6 is 23.2 Å². The lowest BCUT2D eigenvalue weighted by molar-refractivity contribution is 0.198. The number of benzene rings is 2. The Bertz CT molecular complexity index is 1050. The van der Waals surface area contributed by atoms with E-state index in [0.717, 1.165) is 48.4 Å². The lowest BCUT2D eigenvalue weighted by Crippen LogP contribution is -2.32. The number of rotatable bonds is 4. The predicted molar refractivity (Wildman–Crippen MR) is 113 cm³/mol. The van der Waals surface area contributed by atoms with Crippen molar-refractivity contribution < 1.29 is 4.39 Å². The summed E-state index contributed by atoms with van der Waals surface area (Å²) in [5.74, 6) is -0.139. The van der Waals surface area contributed by atoms with Crippen molar-refractivity contribution in [3.63, 3.8) is 0 Å². The highest BCUT2D eigenvalue weighted by Crippen LogP contribution is 2.29. The minimum atomic E-state index is -0.280. The van der Waals surface area contributed by atoms with Crippen LogP contribution in [-0.4, -0.2) is 27.8 Å². The molecule has 29 heavy (non-hydrogen) atoms. The van der Waals surface area contributed by atoms with Crippen LogP contribution in [0.3, 0.4) is 0 Å². The first-order valence-corrected chi connectivity index (χ1v) is 10.2. The SMILES string of the molecule is N#CC1CCN(Cc2cn(-c3ccc(Cl)c(Cl)c3)nc2-c2ccc(F)cc2)CC1. The van der Waals surface area contributed by atoms with Gasteiger partial charge in [0.05, 0.1) is 27.5 Å². The van der Waals surface area contributed by atoms with Crippen molar-refractivity contribution in [2.24, 2.45) is 5.92 Å². The fourth-order valence-corrected chi connectivity index (χ4v) is 3.89. The summed E-state index contributed by atoms with van der Waals surface area (Å²) in [4.78, 5) is 2.33. The summed E-state index contributed by atoms with van der Waals surface area (Å²) in [6, 6.07) is 14.1. The summed E-state index contributed by atoms with van der Waals surface area (Å²) < 4.78 is 15.2. The molecule has 0 unspecified atom stereocenters. The molecule has 1 aliphatic rings. The molecule has 7 heteroatoms. The molecule has 2 aromatic carbocycles. The van der Waals surface area contributed by atoms with Crippen molar-refractivity contribution in [3.05, 3.63) is 70.1 Å². The van der Waals surface area contributed by atoms with Gasteiger partial charge in [0.1, 0.15) is 5.82 Å². The van der Waals surface area contributed by atoms with Crippen LogP contribution in [0.1, 0.15) is 18.4 Å². The molecule has 0 saturated carbocycles. The van der Waals surface area contributed by atoms with Crippen molar-refractivity contribution in [2.45, 2.75) is 19.4 Å². The van der Waals surface area contributed by atoms with Crippen molar-refractivity contribution in [3.8, 4) is 23.0 Å². The Morgan fingerprint density at radius 2 is 1.79 bits per heavy atom. The standard InChI is InChI=1S/C22H19Cl2FN4/c23-20-6-5-19(11-21(20)24)29-14-17(13-28-9-7-15(12-26)8-10-28)22(27-29)16-1-3-18(25)4-2-16/h1-6,11,14-15H,7-10,13H2.